The largest absolute Gasteiger partial charge is 0.496 e. The highest BCUT2D eigenvalue weighted by atomic mass is 16.5. The first kappa shape index (κ1) is 13.3. The molecule has 0 fully saturated rings. The van der Waals surface area contributed by atoms with Crippen molar-refractivity contribution in [1.29, 1.82) is 0 Å². The molecular weight excluding hydrogens is 212 g/mol. The zero-order chi connectivity index (χ0) is 12.7. The van der Waals surface area contributed by atoms with Gasteiger partial charge in [-0.15, -0.1) is 0 Å². The number of nitrogens with zero attached hydrogens (tertiary/aromatic N) is 1. The Hall–Kier alpha value is -1.77. The monoisotopic (exact) mass is 232 g/mol. The smallest absolute Gasteiger partial charge is 0.121 e. The van der Waals surface area contributed by atoms with E-state index in [1.165, 1.54) is 0 Å². The average molecular weight is 232 g/mol. The van der Waals surface area contributed by atoms with Gasteiger partial charge in [0.15, 0.2) is 0 Å². The molecule has 0 radical (unpaired) electrons. The summed E-state index contributed by atoms with van der Waals surface area (Å²) in [6.45, 7) is 4.94. The Labute approximate surface area is 103 Å². The lowest BCUT2D eigenvalue weighted by Crippen LogP contribution is -1.94. The van der Waals surface area contributed by atoms with Crippen molar-refractivity contribution in [3.63, 3.8) is 0 Å². The molecule has 2 N–H and O–H groups in total. The lowest BCUT2D eigenvalue weighted by atomic mass is 10.0. The molecule has 0 unspecified atom stereocenters. The summed E-state index contributed by atoms with van der Waals surface area (Å²) >= 11 is 0. The van der Waals surface area contributed by atoms with Crippen molar-refractivity contribution in [1.82, 2.24) is 0 Å². The predicted molar refractivity (Wildman–Crippen MR) is 73.5 cm³/mol. The third kappa shape index (κ3) is 3.63. The first-order valence-corrected chi connectivity index (χ1v) is 5.79. The molecule has 92 valence electrons. The van der Waals surface area contributed by atoms with E-state index in [0.717, 1.165) is 35.4 Å². The molecule has 3 heteroatoms. The van der Waals surface area contributed by atoms with E-state index in [1.54, 1.807) is 13.3 Å². The average Bonchev–Trinajstić information content (AvgIpc) is 2.35. The summed E-state index contributed by atoms with van der Waals surface area (Å²) < 4.78 is 5.23. The Bertz CT molecular complexity index is 422. The van der Waals surface area contributed by atoms with Gasteiger partial charge in [0.2, 0.25) is 0 Å². The number of nitrogens with two attached hydrogens (primary N) is 1. The summed E-state index contributed by atoms with van der Waals surface area (Å²) in [4.78, 5) is 4.31. The van der Waals surface area contributed by atoms with Crippen molar-refractivity contribution < 1.29 is 4.74 Å². The van der Waals surface area contributed by atoms with E-state index >= 15 is 0 Å². The van der Waals surface area contributed by atoms with Gasteiger partial charge in [-0.2, -0.15) is 0 Å². The molecule has 0 atom stereocenters. The predicted octanol–water partition coefficient (Wildman–Crippen LogP) is 2.78. The summed E-state index contributed by atoms with van der Waals surface area (Å²) in [6, 6.07) is 5.99. The standard InChI is InChI=1S/C14H20N2O/c1-4-7-16-10-13(9-15)12-5-6-14(17-3)11(2)8-12/h5-6,8-10H,4,7,15H2,1-3H3. The van der Waals surface area contributed by atoms with Crippen LogP contribution in [0.2, 0.25) is 0 Å². The van der Waals surface area contributed by atoms with E-state index in [1.807, 2.05) is 25.3 Å². The van der Waals surface area contributed by atoms with Gasteiger partial charge < -0.3 is 10.5 Å². The first-order valence-electron chi connectivity index (χ1n) is 5.79. The van der Waals surface area contributed by atoms with Gasteiger partial charge in [-0.05, 0) is 36.6 Å². The maximum atomic E-state index is 5.62. The van der Waals surface area contributed by atoms with Gasteiger partial charge in [0.1, 0.15) is 5.75 Å². The number of methoxy groups -OCH3 is 1. The molecular formula is C14H20N2O. The van der Waals surface area contributed by atoms with E-state index in [-0.39, 0.29) is 0 Å². The van der Waals surface area contributed by atoms with Gasteiger partial charge in [0, 0.05) is 24.5 Å². The van der Waals surface area contributed by atoms with Crippen molar-refractivity contribution in [2.45, 2.75) is 20.3 Å². The minimum absolute atomic E-state index is 0.826. The highest BCUT2D eigenvalue weighted by Crippen LogP contribution is 2.22. The molecule has 0 aromatic heterocycles. The van der Waals surface area contributed by atoms with Gasteiger partial charge in [0.05, 0.1) is 7.11 Å². The molecule has 0 saturated carbocycles. The number of allylic oxidation sites excluding steroid dienone is 1. The lowest BCUT2D eigenvalue weighted by Gasteiger charge is -2.07. The number of ether oxygens (including phenoxy) is 1. The van der Waals surface area contributed by atoms with Crippen LogP contribution in [0.5, 0.6) is 5.75 Å². The lowest BCUT2D eigenvalue weighted by molar-refractivity contribution is 0.411. The van der Waals surface area contributed by atoms with Crippen molar-refractivity contribution in [2.75, 3.05) is 13.7 Å². The number of aliphatic imine (C=N–C) groups is 1. The van der Waals surface area contributed by atoms with Gasteiger partial charge in [-0.3, -0.25) is 4.99 Å². The second-order valence-corrected chi connectivity index (χ2v) is 3.84. The maximum Gasteiger partial charge on any atom is 0.121 e. The Morgan fingerprint density at radius 2 is 2.24 bits per heavy atom. The SMILES string of the molecule is CCCN=CC(=CN)c1ccc(OC)c(C)c1. The molecule has 0 heterocycles. The van der Waals surface area contributed by atoms with Crippen LogP contribution >= 0.6 is 0 Å². The maximum absolute atomic E-state index is 5.62. The van der Waals surface area contributed by atoms with Gasteiger partial charge in [-0.1, -0.05) is 13.0 Å². The van der Waals surface area contributed by atoms with Crippen LogP contribution in [0.15, 0.2) is 29.4 Å². The molecule has 0 bridgehead atoms. The second kappa shape index (κ2) is 6.74. The molecule has 1 aromatic rings. The van der Waals surface area contributed by atoms with Gasteiger partial charge >= 0.3 is 0 Å². The molecule has 0 amide bonds. The minimum Gasteiger partial charge on any atom is -0.496 e. The minimum atomic E-state index is 0.826. The van der Waals surface area contributed by atoms with Crippen molar-refractivity contribution in [3.05, 3.63) is 35.5 Å². The normalized spacial score (nSPS) is 12.1. The third-order valence-electron chi connectivity index (χ3n) is 2.49. The summed E-state index contributed by atoms with van der Waals surface area (Å²) in [5.41, 5.74) is 8.71. The molecule has 0 aliphatic rings. The van der Waals surface area contributed by atoms with Gasteiger partial charge in [-0.25, -0.2) is 0 Å². The van der Waals surface area contributed by atoms with E-state index in [9.17, 15) is 0 Å². The van der Waals surface area contributed by atoms with E-state index in [4.69, 9.17) is 10.5 Å². The van der Waals surface area contributed by atoms with Crippen LogP contribution in [0.4, 0.5) is 0 Å². The van der Waals surface area contributed by atoms with Crippen LogP contribution < -0.4 is 10.5 Å². The fourth-order valence-corrected chi connectivity index (χ4v) is 1.56. The topological polar surface area (TPSA) is 47.6 Å². The van der Waals surface area contributed by atoms with Crippen molar-refractivity contribution in [2.24, 2.45) is 10.7 Å². The fourth-order valence-electron chi connectivity index (χ4n) is 1.56. The number of rotatable bonds is 5. The van der Waals surface area contributed by atoms with Crippen LogP contribution in [0.3, 0.4) is 0 Å². The second-order valence-electron chi connectivity index (χ2n) is 3.84. The molecule has 0 aliphatic carbocycles. The first-order chi connectivity index (χ1) is 8.22. The fraction of sp³-hybridized carbons (Fsp3) is 0.357. The summed E-state index contributed by atoms with van der Waals surface area (Å²) in [6.07, 6.45) is 4.45. The molecule has 3 nitrogen and oxygen atoms in total. The van der Waals surface area contributed by atoms with Crippen LogP contribution in [0.25, 0.3) is 5.57 Å². The van der Waals surface area contributed by atoms with E-state index < -0.39 is 0 Å². The zero-order valence-corrected chi connectivity index (χ0v) is 10.7. The number of benzene rings is 1. The van der Waals surface area contributed by atoms with Crippen LogP contribution in [-0.4, -0.2) is 19.9 Å². The molecule has 1 rings (SSSR count). The van der Waals surface area contributed by atoms with Crippen molar-refractivity contribution >= 4 is 11.8 Å². The number of aryl methyl sites for hydroxylation is 1. The molecule has 1 aromatic carbocycles. The molecule has 0 spiro atoms. The van der Waals surface area contributed by atoms with Crippen LogP contribution in [0, 0.1) is 6.92 Å². The molecule has 0 aliphatic heterocycles. The van der Waals surface area contributed by atoms with Gasteiger partial charge in [0.25, 0.3) is 0 Å². The highest BCUT2D eigenvalue weighted by molar-refractivity contribution is 6.09. The summed E-state index contributed by atoms with van der Waals surface area (Å²) in [7, 11) is 1.67. The number of hydrogen-bond donors (Lipinski definition) is 1. The Morgan fingerprint density at radius 3 is 2.76 bits per heavy atom. The summed E-state index contributed by atoms with van der Waals surface area (Å²) in [5, 5.41) is 0. The Morgan fingerprint density at radius 1 is 1.47 bits per heavy atom. The molecule has 17 heavy (non-hydrogen) atoms. The molecule has 0 saturated heterocycles. The zero-order valence-electron chi connectivity index (χ0n) is 10.7. The van der Waals surface area contributed by atoms with Crippen LogP contribution in [0.1, 0.15) is 24.5 Å². The highest BCUT2D eigenvalue weighted by Gasteiger charge is 2.02. The third-order valence-corrected chi connectivity index (χ3v) is 2.49. The Kier molecular flexibility index (Phi) is 5.27. The number of hydrogen-bond acceptors (Lipinski definition) is 3. The van der Waals surface area contributed by atoms with E-state index in [2.05, 4.69) is 18.0 Å². The van der Waals surface area contributed by atoms with E-state index in [0.29, 0.717) is 0 Å². The summed E-state index contributed by atoms with van der Waals surface area (Å²) in [5.74, 6) is 0.885. The Balaban J connectivity index is 2.94. The quantitative estimate of drug-likeness (QED) is 0.793. The van der Waals surface area contributed by atoms with Crippen LogP contribution in [-0.2, 0) is 0 Å². The van der Waals surface area contributed by atoms with Crippen molar-refractivity contribution in [3.8, 4) is 5.75 Å².